The van der Waals surface area contributed by atoms with Crippen molar-refractivity contribution in [3.05, 3.63) is 66.1 Å². The fraction of sp³-hybridized carbons (Fsp3) is 0.381. The number of carbonyl (C=O) groups excluding carboxylic acids is 2. The molecule has 1 N–H and O–H groups in total. The van der Waals surface area contributed by atoms with Crippen molar-refractivity contribution in [3.63, 3.8) is 0 Å². The average molecular weight is 418 g/mol. The first-order valence-electron chi connectivity index (χ1n) is 8.56. The average Bonchev–Trinajstić information content (AvgIpc) is 3.18. The Labute approximate surface area is 192 Å². The molecule has 3 nitrogen and oxygen atoms in total. The molecule has 1 aliphatic rings. The maximum atomic E-state index is 14.5. The number of rotatable bonds is 6. The maximum absolute atomic E-state index is 14.5. The van der Waals surface area contributed by atoms with Crippen LogP contribution in [0.3, 0.4) is 0 Å². The number of amides is 1. The predicted molar refractivity (Wildman–Crippen MR) is 102 cm³/mol. The van der Waals surface area contributed by atoms with Crippen LogP contribution in [0.4, 0.5) is 8.78 Å². The van der Waals surface area contributed by atoms with Crippen LogP contribution in [0, 0.1) is 36.5 Å². The minimum atomic E-state index is -0.830. The third kappa shape index (κ3) is 7.11. The Bertz CT molecular complexity index is 706. The number of hydrogen-bond acceptors (Lipinski definition) is 2. The molecule has 0 spiro atoms. The van der Waals surface area contributed by atoms with Crippen LogP contribution in [0.5, 0.6) is 0 Å². The van der Waals surface area contributed by atoms with Crippen molar-refractivity contribution in [2.24, 2.45) is 11.8 Å². The summed E-state index contributed by atoms with van der Waals surface area (Å²) in [5.41, 5.74) is 0.132. The van der Waals surface area contributed by atoms with Crippen molar-refractivity contribution in [1.82, 2.24) is 5.32 Å². The zero-order valence-corrected chi connectivity index (χ0v) is 19.0. The van der Waals surface area contributed by atoms with Gasteiger partial charge in [0.05, 0.1) is 11.1 Å². The Morgan fingerprint density at radius 3 is 2.39 bits per heavy atom. The molecule has 1 aromatic carbocycles. The fourth-order valence-corrected chi connectivity index (χ4v) is 3.24. The molecular formula is C21H23ClF2NNaO2-2. The standard InChI is InChI=1S/C19H20ClF2NO.C2H3O.Na/c1-4-11(2)12(3)19(24)23-18(13-7-5-6-8-13)16-15(21)10-9-14(20)17(16)22;1-2-3;/h9-10,12-13,18H,1-3,5-8H2,(H,23,24);1H3;/q-2;-1;+1. The van der Waals surface area contributed by atoms with Gasteiger partial charge in [0.2, 0.25) is 0 Å². The van der Waals surface area contributed by atoms with Gasteiger partial charge in [0, 0.05) is 5.56 Å². The van der Waals surface area contributed by atoms with Gasteiger partial charge in [-0.2, -0.15) is 13.5 Å². The molecular weight excluding hydrogens is 395 g/mol. The number of allylic oxidation sites excluding steroid dienone is 1. The van der Waals surface area contributed by atoms with Crippen LogP contribution in [0.2, 0.25) is 5.02 Å². The van der Waals surface area contributed by atoms with Gasteiger partial charge in [-0.05, 0) is 30.9 Å². The summed E-state index contributed by atoms with van der Waals surface area (Å²) in [5, 5.41) is 2.56. The van der Waals surface area contributed by atoms with Crippen molar-refractivity contribution in [2.75, 3.05) is 0 Å². The molecule has 0 bridgehead atoms. The summed E-state index contributed by atoms with van der Waals surface area (Å²) in [6.45, 7) is 12.1. The van der Waals surface area contributed by atoms with Crippen LogP contribution in [-0.4, -0.2) is 12.2 Å². The first-order valence-corrected chi connectivity index (χ1v) is 8.93. The van der Waals surface area contributed by atoms with Gasteiger partial charge in [-0.25, -0.2) is 20.9 Å². The molecule has 148 valence electrons. The molecule has 1 aromatic rings. The minimum Gasteiger partial charge on any atom is -0.542 e. The molecule has 0 aliphatic heterocycles. The van der Waals surface area contributed by atoms with E-state index in [0.717, 1.165) is 31.7 Å². The van der Waals surface area contributed by atoms with E-state index in [9.17, 15) is 13.6 Å². The van der Waals surface area contributed by atoms with Crippen LogP contribution < -0.4 is 34.9 Å². The number of halogens is 3. The summed E-state index contributed by atoms with van der Waals surface area (Å²) in [7, 11) is 0. The van der Waals surface area contributed by atoms with E-state index in [4.69, 9.17) is 16.4 Å². The Morgan fingerprint density at radius 2 is 1.89 bits per heavy atom. The number of benzene rings is 1. The minimum absolute atomic E-state index is 0. The van der Waals surface area contributed by atoms with Gasteiger partial charge in [-0.3, -0.25) is 17.2 Å². The third-order valence-corrected chi connectivity index (χ3v) is 4.82. The topological polar surface area (TPSA) is 46.2 Å². The van der Waals surface area contributed by atoms with Gasteiger partial charge >= 0.3 is 29.6 Å². The maximum Gasteiger partial charge on any atom is 1.00 e. The Morgan fingerprint density at radius 1 is 1.36 bits per heavy atom. The summed E-state index contributed by atoms with van der Waals surface area (Å²) in [4.78, 5) is 21.1. The second kappa shape index (κ2) is 13.3. The second-order valence-corrected chi connectivity index (χ2v) is 6.65. The van der Waals surface area contributed by atoms with E-state index in [1.54, 1.807) is 0 Å². The van der Waals surface area contributed by atoms with E-state index < -0.39 is 29.5 Å². The molecule has 1 fully saturated rings. The number of nitrogens with one attached hydrogen (secondary N) is 1. The Balaban J connectivity index is 0.00000171. The van der Waals surface area contributed by atoms with Crippen LogP contribution in [-0.2, 0) is 9.59 Å². The predicted octanol–water partition coefficient (Wildman–Crippen LogP) is 2.08. The summed E-state index contributed by atoms with van der Waals surface area (Å²) in [5.74, 6) is -2.89. The van der Waals surface area contributed by atoms with Crippen LogP contribution in [0.25, 0.3) is 0 Å². The summed E-state index contributed by atoms with van der Waals surface area (Å²) >= 11 is 5.81. The summed E-state index contributed by atoms with van der Waals surface area (Å²) < 4.78 is 28.8. The zero-order valence-electron chi connectivity index (χ0n) is 16.3. The number of carbonyl (C=O) groups is 1. The van der Waals surface area contributed by atoms with Crippen molar-refractivity contribution in [1.29, 1.82) is 0 Å². The van der Waals surface area contributed by atoms with E-state index in [1.807, 2.05) is 0 Å². The van der Waals surface area contributed by atoms with Gasteiger partial charge in [0.1, 0.15) is 11.6 Å². The van der Waals surface area contributed by atoms with Gasteiger partial charge in [0.15, 0.2) is 5.91 Å². The van der Waals surface area contributed by atoms with Gasteiger partial charge in [-0.1, -0.05) is 30.4 Å². The SMILES string of the molecule is C=[C-]C(=C)C([CH2-])C(=O)NC(c1c(F)ccc(Cl)c1F)C1CCCC1.C[C-]=O.[Na+]. The van der Waals surface area contributed by atoms with Crippen LogP contribution >= 0.6 is 11.6 Å². The fourth-order valence-electron chi connectivity index (χ4n) is 3.08. The molecule has 1 aliphatic carbocycles. The molecule has 0 heterocycles. The molecule has 1 amide bonds. The molecule has 2 unspecified atom stereocenters. The van der Waals surface area contributed by atoms with Gasteiger partial charge < -0.3 is 17.0 Å². The van der Waals surface area contributed by atoms with E-state index in [1.165, 1.54) is 19.3 Å². The molecule has 28 heavy (non-hydrogen) atoms. The zero-order chi connectivity index (χ0) is 20.6. The van der Waals surface area contributed by atoms with Crippen molar-refractivity contribution in [2.45, 2.75) is 38.6 Å². The summed E-state index contributed by atoms with van der Waals surface area (Å²) in [6, 6.07) is 1.50. The van der Waals surface area contributed by atoms with Crippen LogP contribution in [0.15, 0.2) is 30.9 Å². The molecule has 0 saturated heterocycles. The smallest absolute Gasteiger partial charge is 0.542 e. The molecule has 1 saturated carbocycles. The first-order chi connectivity index (χ1) is 12.8. The molecule has 2 rings (SSSR count). The van der Waals surface area contributed by atoms with Crippen molar-refractivity contribution in [3.8, 4) is 0 Å². The van der Waals surface area contributed by atoms with E-state index >= 15 is 0 Å². The normalized spacial score (nSPS) is 15.3. The quantitative estimate of drug-likeness (QED) is 0.333. The van der Waals surface area contributed by atoms with Crippen molar-refractivity contribution >= 4 is 23.8 Å². The van der Waals surface area contributed by atoms with Crippen LogP contribution in [0.1, 0.15) is 44.2 Å². The first kappa shape index (κ1) is 27.0. The van der Waals surface area contributed by atoms with E-state index in [-0.39, 0.29) is 46.1 Å². The summed E-state index contributed by atoms with van der Waals surface area (Å²) in [6.07, 6.45) is 7.51. The molecule has 0 radical (unpaired) electrons. The molecule has 2 atom stereocenters. The molecule has 7 heteroatoms. The molecule has 0 aromatic heterocycles. The van der Waals surface area contributed by atoms with E-state index in [0.29, 0.717) is 5.57 Å². The number of hydrogen-bond donors (Lipinski definition) is 1. The van der Waals surface area contributed by atoms with E-state index in [2.05, 4.69) is 31.5 Å². The Hall–Kier alpha value is -1.01. The van der Waals surface area contributed by atoms with Gasteiger partial charge in [-0.15, -0.1) is 0 Å². The second-order valence-electron chi connectivity index (χ2n) is 6.25. The monoisotopic (exact) mass is 417 g/mol. The third-order valence-electron chi connectivity index (χ3n) is 4.52. The largest absolute Gasteiger partial charge is 1.00 e. The Kier molecular flexibility index (Phi) is 12.8. The van der Waals surface area contributed by atoms with Crippen molar-refractivity contribution < 1.29 is 47.9 Å². The van der Waals surface area contributed by atoms with Gasteiger partial charge in [0.25, 0.3) is 0 Å².